The summed E-state index contributed by atoms with van der Waals surface area (Å²) >= 11 is 0. The van der Waals surface area contributed by atoms with Crippen LogP contribution < -0.4 is 5.32 Å². The van der Waals surface area contributed by atoms with Crippen molar-refractivity contribution in [3.05, 3.63) is 101 Å². The van der Waals surface area contributed by atoms with Gasteiger partial charge in [-0.3, -0.25) is 14.6 Å². The van der Waals surface area contributed by atoms with Gasteiger partial charge in [0, 0.05) is 31.4 Å². The first-order valence-corrected chi connectivity index (χ1v) is 10.1. The second-order valence-corrected chi connectivity index (χ2v) is 7.39. The summed E-state index contributed by atoms with van der Waals surface area (Å²) in [6, 6.07) is 22.9. The molecule has 0 unspecified atom stereocenters. The summed E-state index contributed by atoms with van der Waals surface area (Å²) in [5, 5.41) is 2.92. The van der Waals surface area contributed by atoms with Crippen molar-refractivity contribution in [3.8, 4) is 0 Å². The third-order valence-corrected chi connectivity index (χ3v) is 5.11. The summed E-state index contributed by atoms with van der Waals surface area (Å²) in [5.41, 5.74) is 3.27. The largest absolute Gasteiger partial charge is 0.351 e. The van der Waals surface area contributed by atoms with Crippen LogP contribution in [0.2, 0.25) is 0 Å². The molecule has 0 saturated heterocycles. The molecule has 0 radical (unpaired) electrons. The number of amides is 2. The molecular weight excluding hydrogens is 374 g/mol. The van der Waals surface area contributed by atoms with Gasteiger partial charge in [0.15, 0.2) is 0 Å². The minimum Gasteiger partial charge on any atom is -0.351 e. The lowest BCUT2D eigenvalue weighted by atomic mass is 10.0. The first kappa shape index (κ1) is 21.2. The lowest BCUT2D eigenvalue weighted by molar-refractivity contribution is 0.0722. The van der Waals surface area contributed by atoms with Crippen LogP contribution in [0.1, 0.15) is 38.4 Å². The number of nitrogens with one attached hydrogen (secondary N) is 1. The highest BCUT2D eigenvalue weighted by Gasteiger charge is 2.22. The third-order valence-electron chi connectivity index (χ3n) is 5.11. The molecule has 0 aliphatic carbocycles. The van der Waals surface area contributed by atoms with E-state index >= 15 is 0 Å². The zero-order valence-corrected chi connectivity index (χ0v) is 17.4. The Bertz CT molecular complexity index is 974. The minimum absolute atomic E-state index is 0.0179. The Balaban J connectivity index is 1.69. The van der Waals surface area contributed by atoms with Gasteiger partial charge in [-0.1, -0.05) is 54.1 Å². The molecule has 0 bridgehead atoms. The zero-order chi connectivity index (χ0) is 21.3. The molecule has 0 spiro atoms. The van der Waals surface area contributed by atoms with Crippen LogP contribution in [0.3, 0.4) is 0 Å². The van der Waals surface area contributed by atoms with E-state index in [1.54, 1.807) is 29.3 Å². The SMILES string of the molecule is Cc1cccc(C(=O)N(C)[C@H](CCNC(=O)c2ccccn2)Cc2ccccc2)c1. The Labute approximate surface area is 177 Å². The number of aryl methyl sites for hydroxylation is 1. The fraction of sp³-hybridized carbons (Fsp3) is 0.240. The normalized spacial score (nSPS) is 11.5. The number of pyridine rings is 1. The molecule has 5 heteroatoms. The van der Waals surface area contributed by atoms with E-state index in [0.717, 1.165) is 11.1 Å². The Morgan fingerprint density at radius 1 is 1.00 bits per heavy atom. The summed E-state index contributed by atoms with van der Waals surface area (Å²) in [6.45, 7) is 2.43. The van der Waals surface area contributed by atoms with Crippen LogP contribution in [0.25, 0.3) is 0 Å². The van der Waals surface area contributed by atoms with Gasteiger partial charge in [0.05, 0.1) is 0 Å². The average molecular weight is 402 g/mol. The van der Waals surface area contributed by atoms with Crippen molar-refractivity contribution in [3.63, 3.8) is 0 Å². The van der Waals surface area contributed by atoms with Crippen LogP contribution in [-0.4, -0.2) is 41.3 Å². The van der Waals surface area contributed by atoms with Gasteiger partial charge in [-0.15, -0.1) is 0 Å². The quantitative estimate of drug-likeness (QED) is 0.623. The molecule has 0 aliphatic rings. The van der Waals surface area contributed by atoms with Crippen LogP contribution in [-0.2, 0) is 6.42 Å². The zero-order valence-electron chi connectivity index (χ0n) is 17.4. The van der Waals surface area contributed by atoms with Crippen LogP contribution >= 0.6 is 0 Å². The van der Waals surface area contributed by atoms with Crippen LogP contribution in [0.5, 0.6) is 0 Å². The van der Waals surface area contributed by atoms with Crippen LogP contribution in [0.15, 0.2) is 79.0 Å². The molecule has 2 aromatic carbocycles. The molecule has 154 valence electrons. The van der Waals surface area contributed by atoms with Crippen molar-refractivity contribution in [2.24, 2.45) is 0 Å². The molecule has 1 atom stereocenters. The maximum Gasteiger partial charge on any atom is 0.269 e. The molecule has 5 nitrogen and oxygen atoms in total. The molecule has 3 aromatic rings. The third kappa shape index (κ3) is 5.77. The van der Waals surface area contributed by atoms with Gasteiger partial charge in [0.2, 0.25) is 0 Å². The summed E-state index contributed by atoms with van der Waals surface area (Å²) in [6.07, 6.45) is 2.96. The number of carbonyl (C=O) groups excluding carboxylic acids is 2. The highest BCUT2D eigenvalue weighted by atomic mass is 16.2. The van der Waals surface area contributed by atoms with Crippen molar-refractivity contribution >= 4 is 11.8 Å². The van der Waals surface area contributed by atoms with Crippen molar-refractivity contribution < 1.29 is 9.59 Å². The Kier molecular flexibility index (Phi) is 7.33. The number of nitrogens with zero attached hydrogens (tertiary/aromatic N) is 2. The Morgan fingerprint density at radius 3 is 2.47 bits per heavy atom. The van der Waals surface area contributed by atoms with E-state index in [-0.39, 0.29) is 17.9 Å². The van der Waals surface area contributed by atoms with E-state index in [4.69, 9.17) is 0 Å². The topological polar surface area (TPSA) is 62.3 Å². The molecule has 3 rings (SSSR count). The van der Waals surface area contributed by atoms with Gasteiger partial charge in [-0.25, -0.2) is 0 Å². The first-order chi connectivity index (χ1) is 14.5. The second kappa shape index (κ2) is 10.3. The summed E-state index contributed by atoms with van der Waals surface area (Å²) < 4.78 is 0. The highest BCUT2D eigenvalue weighted by molar-refractivity contribution is 5.94. The molecule has 0 fully saturated rings. The van der Waals surface area contributed by atoms with Crippen molar-refractivity contribution in [1.29, 1.82) is 0 Å². The van der Waals surface area contributed by atoms with Gasteiger partial charge in [0.1, 0.15) is 5.69 Å². The van der Waals surface area contributed by atoms with E-state index < -0.39 is 0 Å². The van der Waals surface area contributed by atoms with E-state index in [1.807, 2.05) is 56.4 Å². The molecule has 30 heavy (non-hydrogen) atoms. The number of hydrogen-bond donors (Lipinski definition) is 1. The Hall–Kier alpha value is -3.47. The smallest absolute Gasteiger partial charge is 0.269 e. The number of carbonyl (C=O) groups is 2. The molecule has 2 amide bonds. The van der Waals surface area contributed by atoms with E-state index in [0.29, 0.717) is 30.6 Å². The number of aromatic nitrogens is 1. The van der Waals surface area contributed by atoms with Crippen LogP contribution in [0, 0.1) is 6.92 Å². The summed E-state index contributed by atoms with van der Waals surface area (Å²) in [7, 11) is 1.83. The fourth-order valence-electron chi connectivity index (χ4n) is 3.41. The number of benzene rings is 2. The summed E-state index contributed by atoms with van der Waals surface area (Å²) in [4.78, 5) is 31.2. The van der Waals surface area contributed by atoms with Crippen molar-refractivity contribution in [2.45, 2.75) is 25.8 Å². The molecule has 1 heterocycles. The maximum atomic E-state index is 13.1. The minimum atomic E-state index is -0.207. The lowest BCUT2D eigenvalue weighted by Gasteiger charge is -2.29. The number of likely N-dealkylation sites (N-methyl/N-ethyl adjacent to an activating group) is 1. The Morgan fingerprint density at radius 2 is 1.77 bits per heavy atom. The molecule has 1 N–H and O–H groups in total. The first-order valence-electron chi connectivity index (χ1n) is 10.1. The van der Waals surface area contributed by atoms with E-state index in [1.165, 1.54) is 0 Å². The molecule has 1 aromatic heterocycles. The second-order valence-electron chi connectivity index (χ2n) is 7.39. The predicted molar refractivity (Wildman–Crippen MR) is 118 cm³/mol. The van der Waals surface area contributed by atoms with Crippen molar-refractivity contribution in [2.75, 3.05) is 13.6 Å². The standard InChI is InChI=1S/C25H27N3O2/c1-19-9-8-12-21(17-19)25(30)28(2)22(18-20-10-4-3-5-11-20)14-16-27-24(29)23-13-6-7-15-26-23/h3-13,15,17,22H,14,16,18H2,1-2H3,(H,27,29)/t22-/m1/s1. The van der Waals surface area contributed by atoms with Gasteiger partial charge in [-0.05, 0) is 49.6 Å². The van der Waals surface area contributed by atoms with Crippen molar-refractivity contribution in [1.82, 2.24) is 15.2 Å². The predicted octanol–water partition coefficient (Wildman–Crippen LogP) is 3.89. The monoisotopic (exact) mass is 401 g/mol. The van der Waals surface area contributed by atoms with Gasteiger partial charge in [-0.2, -0.15) is 0 Å². The van der Waals surface area contributed by atoms with Gasteiger partial charge < -0.3 is 10.2 Å². The molecule has 0 aliphatic heterocycles. The maximum absolute atomic E-state index is 13.1. The van der Waals surface area contributed by atoms with E-state index in [9.17, 15) is 9.59 Å². The number of hydrogen-bond acceptors (Lipinski definition) is 3. The molecular formula is C25H27N3O2. The van der Waals surface area contributed by atoms with Gasteiger partial charge in [0.25, 0.3) is 11.8 Å². The fourth-order valence-corrected chi connectivity index (χ4v) is 3.41. The summed E-state index contributed by atoms with van der Waals surface area (Å²) in [5.74, 6) is -0.225. The molecule has 0 saturated carbocycles. The van der Waals surface area contributed by atoms with E-state index in [2.05, 4.69) is 22.4 Å². The van der Waals surface area contributed by atoms with Crippen LogP contribution in [0.4, 0.5) is 0 Å². The average Bonchev–Trinajstić information content (AvgIpc) is 2.78. The lowest BCUT2D eigenvalue weighted by Crippen LogP contribution is -2.41. The number of rotatable bonds is 8. The highest BCUT2D eigenvalue weighted by Crippen LogP contribution is 2.15. The van der Waals surface area contributed by atoms with Gasteiger partial charge >= 0.3 is 0 Å².